The minimum Gasteiger partial charge on any atom is -0.495 e. The molecule has 26 heavy (non-hydrogen) atoms. The first-order valence-corrected chi connectivity index (χ1v) is 9.23. The summed E-state index contributed by atoms with van der Waals surface area (Å²) in [5, 5.41) is 4.22. The summed E-state index contributed by atoms with van der Waals surface area (Å²) < 4.78 is 6.64. The van der Waals surface area contributed by atoms with E-state index in [1.165, 1.54) is 36.9 Å². The van der Waals surface area contributed by atoms with Crippen molar-refractivity contribution in [3.05, 3.63) is 24.0 Å². The zero-order valence-corrected chi connectivity index (χ0v) is 15.7. The molecule has 0 radical (unpaired) electrons. The third-order valence-electron chi connectivity index (χ3n) is 5.12. The van der Waals surface area contributed by atoms with Crippen molar-refractivity contribution in [1.29, 1.82) is 0 Å². The molecule has 2 heterocycles. The normalized spacial score (nSPS) is 16.1. The number of nitrogens with one attached hydrogen (secondary N) is 1. The Morgan fingerprint density at radius 3 is 2.81 bits per heavy atom. The number of methoxy groups -OCH3 is 1. The molecule has 1 aromatic carbocycles. The van der Waals surface area contributed by atoms with Crippen LogP contribution in [0.5, 0.6) is 5.75 Å². The summed E-state index contributed by atoms with van der Waals surface area (Å²) in [5.41, 5.74) is 7.55. The molecule has 3 N–H and O–H groups in total. The lowest BCUT2D eigenvalue weighted by atomic mass is 10.1. The Balaban J connectivity index is 1.59. The van der Waals surface area contributed by atoms with Gasteiger partial charge in [0.05, 0.1) is 44.9 Å². The first kappa shape index (κ1) is 18.4. The molecular weight excluding hydrogens is 326 g/mol. The minimum atomic E-state index is 0.456. The minimum absolute atomic E-state index is 0.456. The fourth-order valence-corrected chi connectivity index (χ4v) is 3.39. The predicted molar refractivity (Wildman–Crippen MR) is 105 cm³/mol. The van der Waals surface area contributed by atoms with Crippen LogP contribution < -0.4 is 15.8 Å². The van der Waals surface area contributed by atoms with Crippen molar-refractivity contribution < 1.29 is 9.22 Å². The number of ether oxygens (including phenoxy) is 1. The molecule has 1 fully saturated rings. The van der Waals surface area contributed by atoms with Crippen LogP contribution in [-0.4, -0.2) is 61.3 Å². The van der Waals surface area contributed by atoms with E-state index < -0.39 is 0 Å². The fraction of sp³-hybridized carbons (Fsp3) is 0.500. The van der Waals surface area contributed by atoms with E-state index in [0.717, 1.165) is 42.4 Å². The molecule has 0 bridgehead atoms. The molecule has 0 spiro atoms. The highest BCUT2D eigenvalue weighted by molar-refractivity contribution is 5.90. The lowest BCUT2D eigenvalue weighted by Crippen LogP contribution is -2.56. The van der Waals surface area contributed by atoms with Crippen molar-refractivity contribution >= 4 is 16.7 Å². The molecule has 0 amide bonds. The highest BCUT2D eigenvalue weighted by Crippen LogP contribution is 2.26. The van der Waals surface area contributed by atoms with Gasteiger partial charge in [0, 0.05) is 24.9 Å². The molecule has 1 aromatic heterocycles. The molecule has 0 unspecified atom stereocenters. The number of piperazine rings is 1. The van der Waals surface area contributed by atoms with Crippen molar-refractivity contribution in [1.82, 2.24) is 15.3 Å². The summed E-state index contributed by atoms with van der Waals surface area (Å²) in [6.45, 7) is 5.95. The average Bonchev–Trinajstić information content (AvgIpc) is 2.65. The number of hydrogen-bond acceptors (Lipinski definition) is 5. The Kier molecular flexibility index (Phi) is 5.92. The van der Waals surface area contributed by atoms with Crippen molar-refractivity contribution in [2.24, 2.45) is 0 Å². The first-order chi connectivity index (χ1) is 12.6. The lowest BCUT2D eigenvalue weighted by Gasteiger charge is -2.38. The van der Waals surface area contributed by atoms with Gasteiger partial charge in [-0.3, -0.25) is 0 Å². The van der Waals surface area contributed by atoms with Gasteiger partial charge < -0.3 is 20.3 Å². The molecular formula is C20H28N5O+. The zero-order chi connectivity index (χ0) is 18.4. The molecule has 1 aliphatic rings. The summed E-state index contributed by atoms with van der Waals surface area (Å²) in [7, 11) is 4.00. The van der Waals surface area contributed by atoms with Gasteiger partial charge in [0.15, 0.2) is 0 Å². The van der Waals surface area contributed by atoms with E-state index in [4.69, 9.17) is 10.5 Å². The van der Waals surface area contributed by atoms with Crippen molar-refractivity contribution in [3.8, 4) is 17.6 Å². The summed E-state index contributed by atoms with van der Waals surface area (Å²) in [6, 6.07) is 3.79. The lowest BCUT2D eigenvalue weighted by molar-refractivity contribution is -0.911. The predicted octanol–water partition coefficient (Wildman–Crippen LogP) is 1.79. The van der Waals surface area contributed by atoms with Gasteiger partial charge in [0.1, 0.15) is 17.9 Å². The van der Waals surface area contributed by atoms with Gasteiger partial charge >= 0.3 is 0 Å². The highest BCUT2D eigenvalue weighted by atomic mass is 16.5. The topological polar surface area (TPSA) is 73.1 Å². The summed E-state index contributed by atoms with van der Waals surface area (Å²) in [6.07, 6.45) is 4.70. The second-order valence-corrected chi connectivity index (χ2v) is 7.13. The number of benzene rings is 1. The van der Waals surface area contributed by atoms with Crippen LogP contribution in [0.3, 0.4) is 0 Å². The van der Waals surface area contributed by atoms with E-state index in [9.17, 15) is 0 Å². The van der Waals surface area contributed by atoms with Crippen LogP contribution in [0.4, 0.5) is 5.82 Å². The van der Waals surface area contributed by atoms with E-state index in [0.29, 0.717) is 11.6 Å². The highest BCUT2D eigenvalue weighted by Gasteiger charge is 2.23. The molecule has 6 heteroatoms. The van der Waals surface area contributed by atoms with Gasteiger partial charge in [0.2, 0.25) is 0 Å². The zero-order valence-electron chi connectivity index (χ0n) is 15.7. The number of fused-ring (bicyclic) bond motifs is 1. The number of nitrogens with two attached hydrogens (primary N) is 1. The number of quaternary nitrogens is 1. The fourth-order valence-electron chi connectivity index (χ4n) is 3.39. The number of nitrogens with zero attached hydrogens (tertiary/aromatic N) is 3. The SMILES string of the molecule is COc1cc2c(N)ncnc2cc1C#CCCCC[N+]1(C)CCNCC1. The molecule has 138 valence electrons. The quantitative estimate of drug-likeness (QED) is 0.487. The summed E-state index contributed by atoms with van der Waals surface area (Å²) in [4.78, 5) is 8.30. The van der Waals surface area contributed by atoms with E-state index in [2.05, 4.69) is 34.2 Å². The van der Waals surface area contributed by atoms with E-state index >= 15 is 0 Å². The monoisotopic (exact) mass is 354 g/mol. The molecule has 2 aromatic rings. The number of unbranched alkanes of at least 4 members (excludes halogenated alkanes) is 2. The second kappa shape index (κ2) is 8.35. The van der Waals surface area contributed by atoms with Crippen LogP contribution in [0.25, 0.3) is 10.9 Å². The van der Waals surface area contributed by atoms with Crippen LogP contribution >= 0.6 is 0 Å². The van der Waals surface area contributed by atoms with Crippen LogP contribution in [-0.2, 0) is 0 Å². The van der Waals surface area contributed by atoms with Gasteiger partial charge in [-0.15, -0.1) is 0 Å². The molecule has 1 saturated heterocycles. The maximum absolute atomic E-state index is 5.91. The second-order valence-electron chi connectivity index (χ2n) is 7.13. The van der Waals surface area contributed by atoms with Gasteiger partial charge in [-0.25, -0.2) is 9.97 Å². The summed E-state index contributed by atoms with van der Waals surface area (Å²) in [5.74, 6) is 7.68. The van der Waals surface area contributed by atoms with Gasteiger partial charge in [-0.05, 0) is 25.0 Å². The number of likely N-dealkylation sites (N-methyl/N-ethyl adjacent to an activating group) is 1. The molecule has 0 atom stereocenters. The van der Waals surface area contributed by atoms with Crippen molar-refractivity contribution in [2.45, 2.75) is 19.3 Å². The number of rotatable bonds is 5. The van der Waals surface area contributed by atoms with Crippen molar-refractivity contribution in [3.63, 3.8) is 0 Å². The van der Waals surface area contributed by atoms with E-state index in [-0.39, 0.29) is 0 Å². The third kappa shape index (κ3) is 4.43. The number of nitrogen functional groups attached to an aromatic ring is 1. The van der Waals surface area contributed by atoms with Crippen molar-refractivity contribution in [2.75, 3.05) is 52.6 Å². The molecule has 1 aliphatic heterocycles. The number of anilines is 1. The maximum Gasteiger partial charge on any atom is 0.135 e. The van der Waals surface area contributed by atoms with Crippen LogP contribution in [0.1, 0.15) is 24.8 Å². The van der Waals surface area contributed by atoms with Gasteiger partial charge in [-0.1, -0.05) is 11.8 Å². The number of hydrogen-bond donors (Lipinski definition) is 2. The Morgan fingerprint density at radius 1 is 1.23 bits per heavy atom. The van der Waals surface area contributed by atoms with E-state index in [1.807, 2.05) is 12.1 Å². The first-order valence-electron chi connectivity index (χ1n) is 9.23. The Morgan fingerprint density at radius 2 is 2.04 bits per heavy atom. The van der Waals surface area contributed by atoms with Gasteiger partial charge in [-0.2, -0.15) is 0 Å². The average molecular weight is 354 g/mol. The van der Waals surface area contributed by atoms with E-state index in [1.54, 1.807) is 7.11 Å². The molecule has 6 nitrogen and oxygen atoms in total. The Bertz CT molecular complexity index is 818. The Hall–Kier alpha value is -2.36. The molecule has 0 saturated carbocycles. The summed E-state index contributed by atoms with van der Waals surface area (Å²) >= 11 is 0. The van der Waals surface area contributed by atoms with Gasteiger partial charge in [0.25, 0.3) is 0 Å². The van der Waals surface area contributed by atoms with Crippen LogP contribution in [0.2, 0.25) is 0 Å². The maximum atomic E-state index is 5.91. The molecule has 0 aliphatic carbocycles. The smallest absolute Gasteiger partial charge is 0.135 e. The third-order valence-corrected chi connectivity index (χ3v) is 5.12. The number of aromatic nitrogens is 2. The Labute approximate surface area is 155 Å². The van der Waals surface area contributed by atoms with Crippen LogP contribution in [0, 0.1) is 11.8 Å². The largest absolute Gasteiger partial charge is 0.495 e. The molecule has 3 rings (SSSR count). The van der Waals surface area contributed by atoms with Crippen LogP contribution in [0.15, 0.2) is 18.5 Å². The standard InChI is InChI=1S/C20H28N5O/c1-25(11-8-22-9-12-25)10-6-4-3-5-7-16-13-18-17(14-19(16)26-2)20(21)24-15-23-18/h13-15,22H,3-4,6,8-12H2,1-2H3,(H2,21,23,24)/q+1.